The minimum atomic E-state index is -2.58. The molecule has 1 unspecified atom stereocenters. The first-order valence-corrected chi connectivity index (χ1v) is 8.16. The third-order valence-corrected chi connectivity index (χ3v) is 5.32. The fraction of sp³-hybridized carbons (Fsp3) is 0.214. The molecule has 2 N–H and O–H groups in total. The van der Waals surface area contributed by atoms with Crippen molar-refractivity contribution >= 4 is 49.6 Å². The first-order valence-electron chi connectivity index (χ1n) is 6.34. The molecule has 1 aliphatic rings. The van der Waals surface area contributed by atoms with Crippen molar-refractivity contribution in [2.45, 2.75) is 18.4 Å². The lowest BCUT2D eigenvalue weighted by Crippen LogP contribution is -2.48. The summed E-state index contributed by atoms with van der Waals surface area (Å²) in [6.07, 6.45) is 0.890. The summed E-state index contributed by atoms with van der Waals surface area (Å²) in [4.78, 5) is 11.7. The SMILES string of the molecule is NC(=O)C1(N(c2ccc(Br)c3ccccc23)S(=O)[O-])CC1. The van der Waals surface area contributed by atoms with Gasteiger partial charge in [-0.2, -0.15) is 0 Å². The van der Waals surface area contributed by atoms with Crippen molar-refractivity contribution in [2.24, 2.45) is 5.73 Å². The average molecular weight is 368 g/mol. The molecular weight excluding hydrogens is 356 g/mol. The smallest absolute Gasteiger partial charge is 0.244 e. The first kappa shape index (κ1) is 14.5. The molecule has 1 amide bonds. The molecule has 0 heterocycles. The fourth-order valence-electron chi connectivity index (χ4n) is 2.55. The van der Waals surface area contributed by atoms with Crippen LogP contribution >= 0.6 is 15.9 Å². The largest absolute Gasteiger partial charge is 0.755 e. The third-order valence-electron chi connectivity index (χ3n) is 3.79. The van der Waals surface area contributed by atoms with Gasteiger partial charge in [-0.05, 0) is 30.4 Å². The van der Waals surface area contributed by atoms with Crippen molar-refractivity contribution < 1.29 is 13.6 Å². The Bertz CT molecular complexity index is 761. The van der Waals surface area contributed by atoms with E-state index < -0.39 is 22.7 Å². The summed E-state index contributed by atoms with van der Waals surface area (Å²) in [5.41, 5.74) is 4.77. The maximum absolute atomic E-state index is 11.7. The van der Waals surface area contributed by atoms with Gasteiger partial charge in [0.15, 0.2) is 0 Å². The summed E-state index contributed by atoms with van der Waals surface area (Å²) in [5, 5.41) is 1.63. The van der Waals surface area contributed by atoms with E-state index in [0.717, 1.165) is 19.6 Å². The van der Waals surface area contributed by atoms with Crippen molar-refractivity contribution in [3.8, 4) is 0 Å². The molecule has 1 aliphatic carbocycles. The molecule has 1 saturated carbocycles. The molecule has 0 saturated heterocycles. The zero-order valence-electron chi connectivity index (χ0n) is 10.9. The van der Waals surface area contributed by atoms with E-state index >= 15 is 0 Å². The van der Waals surface area contributed by atoms with Crippen LogP contribution in [0.1, 0.15) is 12.8 Å². The van der Waals surface area contributed by atoms with E-state index in [2.05, 4.69) is 15.9 Å². The Morgan fingerprint density at radius 3 is 2.38 bits per heavy atom. The first-order chi connectivity index (χ1) is 9.97. The predicted molar refractivity (Wildman–Crippen MR) is 84.2 cm³/mol. The monoisotopic (exact) mass is 367 g/mol. The Balaban J connectivity index is 2.25. The molecule has 0 aliphatic heterocycles. The summed E-state index contributed by atoms with van der Waals surface area (Å²) in [7, 11) is 0. The number of amides is 1. The highest BCUT2D eigenvalue weighted by Gasteiger charge is 2.55. The second-order valence-corrected chi connectivity index (χ2v) is 6.67. The van der Waals surface area contributed by atoms with Gasteiger partial charge < -0.3 is 10.3 Å². The van der Waals surface area contributed by atoms with E-state index in [1.807, 2.05) is 24.3 Å². The van der Waals surface area contributed by atoms with Crippen LogP contribution in [-0.4, -0.2) is 20.2 Å². The number of rotatable bonds is 4. The molecule has 3 rings (SSSR count). The van der Waals surface area contributed by atoms with Crippen LogP contribution in [0.3, 0.4) is 0 Å². The average Bonchev–Trinajstić information content (AvgIpc) is 3.23. The van der Waals surface area contributed by atoms with Crippen LogP contribution in [0.4, 0.5) is 5.69 Å². The quantitative estimate of drug-likeness (QED) is 0.840. The molecule has 2 aromatic carbocycles. The van der Waals surface area contributed by atoms with Gasteiger partial charge in [0.25, 0.3) is 0 Å². The lowest BCUT2D eigenvalue weighted by atomic mass is 10.1. The lowest BCUT2D eigenvalue weighted by molar-refractivity contribution is -0.119. The molecule has 1 atom stereocenters. The summed E-state index contributed by atoms with van der Waals surface area (Å²) >= 11 is 0.871. The summed E-state index contributed by atoms with van der Waals surface area (Å²) in [6, 6.07) is 10.9. The summed E-state index contributed by atoms with van der Waals surface area (Å²) < 4.78 is 25.4. The number of carbonyl (C=O) groups excluding carboxylic acids is 1. The molecule has 2 aromatic rings. The van der Waals surface area contributed by atoms with Crippen molar-refractivity contribution in [1.82, 2.24) is 0 Å². The maximum atomic E-state index is 11.7. The number of anilines is 1. The van der Waals surface area contributed by atoms with E-state index in [4.69, 9.17) is 5.73 Å². The minimum Gasteiger partial charge on any atom is -0.755 e. The van der Waals surface area contributed by atoms with Crippen LogP contribution in [0.15, 0.2) is 40.9 Å². The number of nitrogens with zero attached hydrogens (tertiary/aromatic N) is 1. The van der Waals surface area contributed by atoms with Crippen LogP contribution in [0.2, 0.25) is 0 Å². The number of carbonyl (C=O) groups is 1. The van der Waals surface area contributed by atoms with Gasteiger partial charge >= 0.3 is 0 Å². The highest BCUT2D eigenvalue weighted by atomic mass is 79.9. The fourth-order valence-corrected chi connectivity index (χ4v) is 3.90. The van der Waals surface area contributed by atoms with Gasteiger partial charge in [-0.15, -0.1) is 0 Å². The highest BCUT2D eigenvalue weighted by Crippen LogP contribution is 2.47. The Hall–Kier alpha value is -1.44. The second-order valence-electron chi connectivity index (χ2n) is 5.02. The normalized spacial score (nSPS) is 17.4. The third kappa shape index (κ3) is 2.25. The van der Waals surface area contributed by atoms with E-state index in [1.165, 1.54) is 0 Å². The van der Waals surface area contributed by atoms with Crippen molar-refractivity contribution in [3.05, 3.63) is 40.9 Å². The van der Waals surface area contributed by atoms with Crippen LogP contribution in [0, 0.1) is 0 Å². The molecule has 7 heteroatoms. The van der Waals surface area contributed by atoms with Gasteiger partial charge in [-0.1, -0.05) is 40.2 Å². The Morgan fingerprint density at radius 1 is 1.24 bits per heavy atom. The van der Waals surface area contributed by atoms with Crippen LogP contribution < -0.4 is 10.0 Å². The van der Waals surface area contributed by atoms with Gasteiger partial charge in [-0.25, -0.2) is 0 Å². The highest BCUT2D eigenvalue weighted by molar-refractivity contribution is 9.10. The van der Waals surface area contributed by atoms with E-state index in [-0.39, 0.29) is 0 Å². The Labute approximate surface area is 132 Å². The summed E-state index contributed by atoms with van der Waals surface area (Å²) in [5.74, 6) is -0.612. The molecule has 1 fully saturated rings. The number of fused-ring (bicyclic) bond motifs is 1. The number of benzene rings is 2. The van der Waals surface area contributed by atoms with Gasteiger partial charge in [0, 0.05) is 21.1 Å². The minimum absolute atomic E-state index is 0.445. The van der Waals surface area contributed by atoms with Crippen molar-refractivity contribution in [1.29, 1.82) is 0 Å². The molecule has 0 aromatic heterocycles. The van der Waals surface area contributed by atoms with Crippen molar-refractivity contribution in [2.75, 3.05) is 4.31 Å². The molecular formula is C14H12BrN2O3S-. The molecule has 21 heavy (non-hydrogen) atoms. The van der Waals surface area contributed by atoms with Gasteiger partial charge in [0.05, 0.1) is 5.69 Å². The molecule has 0 bridgehead atoms. The van der Waals surface area contributed by atoms with Gasteiger partial charge in [-0.3, -0.25) is 13.3 Å². The number of nitrogens with two attached hydrogens (primary N) is 1. The lowest BCUT2D eigenvalue weighted by Gasteiger charge is -2.33. The Morgan fingerprint density at radius 2 is 1.86 bits per heavy atom. The zero-order valence-corrected chi connectivity index (χ0v) is 13.3. The van der Waals surface area contributed by atoms with Gasteiger partial charge in [0.1, 0.15) is 5.54 Å². The maximum Gasteiger partial charge on any atom is 0.244 e. The number of halogens is 1. The van der Waals surface area contributed by atoms with Crippen LogP contribution in [-0.2, 0) is 16.1 Å². The van der Waals surface area contributed by atoms with Crippen LogP contribution in [0.25, 0.3) is 10.8 Å². The van der Waals surface area contributed by atoms with E-state index in [1.54, 1.807) is 12.1 Å². The summed E-state index contributed by atoms with van der Waals surface area (Å²) in [6.45, 7) is 0. The number of hydrogen-bond donors (Lipinski definition) is 1. The molecule has 0 spiro atoms. The molecule has 110 valence electrons. The Kier molecular flexibility index (Phi) is 3.51. The molecule has 0 radical (unpaired) electrons. The number of hydrogen-bond acceptors (Lipinski definition) is 3. The predicted octanol–water partition coefficient (Wildman–Crippen LogP) is 2.22. The van der Waals surface area contributed by atoms with Gasteiger partial charge in [0.2, 0.25) is 5.91 Å². The standard InChI is InChI=1S/C14H13BrN2O3S/c15-11-5-6-12(10-4-2-1-3-9(10)11)17(21(19)20)14(7-8-14)13(16)18/h1-6H,7-8H2,(H2,16,18)(H,19,20)/p-1. The van der Waals surface area contributed by atoms with Crippen LogP contribution in [0.5, 0.6) is 0 Å². The van der Waals surface area contributed by atoms with E-state index in [9.17, 15) is 13.6 Å². The zero-order chi connectivity index (χ0) is 15.2. The molecule has 5 nitrogen and oxygen atoms in total. The van der Waals surface area contributed by atoms with E-state index in [0.29, 0.717) is 18.5 Å². The second kappa shape index (κ2) is 5.08. The number of primary amides is 1. The topological polar surface area (TPSA) is 86.5 Å². The van der Waals surface area contributed by atoms with Crippen molar-refractivity contribution in [3.63, 3.8) is 0 Å².